The molecule has 0 bridgehead atoms. The number of aryl methyl sites for hydroxylation is 1. The zero-order chi connectivity index (χ0) is 24.9. The zero-order valence-electron chi connectivity index (χ0n) is 20.5. The third-order valence-corrected chi connectivity index (χ3v) is 7.69. The summed E-state index contributed by atoms with van der Waals surface area (Å²) in [6.07, 6.45) is 0.347. The first-order chi connectivity index (χ1) is 17.6. The minimum absolute atomic E-state index is 0.00336. The van der Waals surface area contributed by atoms with Crippen LogP contribution in [0.2, 0.25) is 0 Å². The molecule has 1 aliphatic heterocycles. The Balaban J connectivity index is 1.05. The van der Waals surface area contributed by atoms with Crippen molar-refractivity contribution in [2.24, 2.45) is 0 Å². The van der Waals surface area contributed by atoms with Crippen LogP contribution >= 0.6 is 11.3 Å². The molecule has 4 aromatic rings. The van der Waals surface area contributed by atoms with E-state index in [1.165, 1.54) is 0 Å². The average molecular weight is 505 g/mol. The summed E-state index contributed by atoms with van der Waals surface area (Å²) in [5.74, 6) is 0.730. The molecule has 0 saturated carbocycles. The molecule has 0 radical (unpaired) electrons. The first kappa shape index (κ1) is 24.6. The molecule has 36 heavy (non-hydrogen) atoms. The van der Waals surface area contributed by atoms with E-state index in [0.717, 1.165) is 70.0 Å². The number of β-amino-alcohol motifs (C(OH)–C–C–N with tert-alkyl or cyclic N) is 1. The van der Waals surface area contributed by atoms with Gasteiger partial charge in [0.2, 0.25) is 5.91 Å². The normalized spacial score (nSPS) is 15.8. The van der Waals surface area contributed by atoms with Crippen LogP contribution in [-0.4, -0.2) is 77.8 Å². The summed E-state index contributed by atoms with van der Waals surface area (Å²) in [6.45, 7) is 6.45. The Bertz CT molecular complexity index is 1330. The standard InChI is InChI=1S/C28H32N4O3S/c1-2-28-30-25-16-22(10-11-26(25)36-28)35-19-21(33)17-31-12-14-32(15-13-31)18-27(34)29-24-9-5-7-20-6-3-4-8-23(20)24/h3-11,16,21,33H,2,12-15,17-19H2,1H3,(H,29,34). The fraction of sp³-hybridized carbons (Fsp3) is 0.357. The summed E-state index contributed by atoms with van der Waals surface area (Å²) in [6, 6.07) is 19.9. The monoisotopic (exact) mass is 504 g/mol. The van der Waals surface area contributed by atoms with E-state index in [9.17, 15) is 9.90 Å². The summed E-state index contributed by atoms with van der Waals surface area (Å²) in [5.41, 5.74) is 1.80. The number of aliphatic hydroxyl groups excluding tert-OH is 1. The summed E-state index contributed by atoms with van der Waals surface area (Å²) in [4.78, 5) is 21.7. The van der Waals surface area contributed by atoms with Gasteiger partial charge in [-0.2, -0.15) is 0 Å². The van der Waals surface area contributed by atoms with Crippen LogP contribution in [0, 0.1) is 0 Å². The predicted molar refractivity (Wildman–Crippen MR) is 146 cm³/mol. The third kappa shape index (κ3) is 6.02. The molecule has 188 valence electrons. The van der Waals surface area contributed by atoms with Crippen molar-refractivity contribution < 1.29 is 14.6 Å². The number of anilines is 1. The largest absolute Gasteiger partial charge is 0.491 e. The zero-order valence-corrected chi connectivity index (χ0v) is 21.3. The van der Waals surface area contributed by atoms with Gasteiger partial charge in [-0.3, -0.25) is 14.6 Å². The second-order valence-corrected chi connectivity index (χ2v) is 10.3. The number of nitrogens with one attached hydrogen (secondary N) is 1. The Morgan fingerprint density at radius 2 is 1.86 bits per heavy atom. The van der Waals surface area contributed by atoms with Crippen molar-refractivity contribution in [2.45, 2.75) is 19.4 Å². The molecule has 1 saturated heterocycles. The molecule has 5 rings (SSSR count). The first-order valence-electron chi connectivity index (χ1n) is 12.5. The van der Waals surface area contributed by atoms with Gasteiger partial charge in [0.15, 0.2) is 0 Å². The molecular weight excluding hydrogens is 472 g/mol. The lowest BCUT2D eigenvalue weighted by molar-refractivity contribution is -0.117. The van der Waals surface area contributed by atoms with Crippen molar-refractivity contribution in [2.75, 3.05) is 51.2 Å². The third-order valence-electron chi connectivity index (χ3n) is 6.51. The Hall–Kier alpha value is -3.04. The highest BCUT2D eigenvalue weighted by molar-refractivity contribution is 7.18. The molecule has 3 aromatic carbocycles. The van der Waals surface area contributed by atoms with Crippen molar-refractivity contribution in [1.82, 2.24) is 14.8 Å². The van der Waals surface area contributed by atoms with Gasteiger partial charge in [-0.1, -0.05) is 43.3 Å². The molecule has 1 aromatic heterocycles. The van der Waals surface area contributed by atoms with Crippen LogP contribution in [0.25, 0.3) is 21.0 Å². The molecule has 1 fully saturated rings. The fourth-order valence-corrected chi connectivity index (χ4v) is 5.48. The number of piperazine rings is 1. The summed E-state index contributed by atoms with van der Waals surface area (Å²) >= 11 is 1.71. The molecule has 7 nitrogen and oxygen atoms in total. The number of benzene rings is 3. The Labute approximate surface area is 215 Å². The van der Waals surface area contributed by atoms with E-state index < -0.39 is 6.10 Å². The second kappa shape index (κ2) is 11.3. The highest BCUT2D eigenvalue weighted by Gasteiger charge is 2.21. The van der Waals surface area contributed by atoms with Crippen LogP contribution < -0.4 is 10.1 Å². The van der Waals surface area contributed by atoms with Crippen LogP contribution in [0.4, 0.5) is 5.69 Å². The SMILES string of the molecule is CCc1nc2cc(OCC(O)CN3CCN(CC(=O)Nc4cccc5ccccc45)CC3)ccc2s1. The quantitative estimate of drug-likeness (QED) is 0.359. The van der Waals surface area contributed by atoms with Gasteiger partial charge in [0.1, 0.15) is 18.5 Å². The molecule has 0 spiro atoms. The summed E-state index contributed by atoms with van der Waals surface area (Å²) < 4.78 is 7.00. The number of fused-ring (bicyclic) bond motifs is 2. The molecule has 1 amide bonds. The first-order valence-corrected chi connectivity index (χ1v) is 13.3. The molecular formula is C28H32N4O3S. The van der Waals surface area contributed by atoms with Crippen molar-refractivity contribution >= 4 is 43.9 Å². The Kier molecular flexibility index (Phi) is 7.77. The summed E-state index contributed by atoms with van der Waals surface area (Å²) in [5, 5.41) is 16.9. The number of nitrogens with zero attached hydrogens (tertiary/aromatic N) is 3. The molecule has 2 heterocycles. The number of ether oxygens (including phenoxy) is 1. The van der Waals surface area contributed by atoms with Gasteiger partial charge in [0, 0.05) is 49.9 Å². The van der Waals surface area contributed by atoms with E-state index in [-0.39, 0.29) is 12.5 Å². The number of thiazole rings is 1. The lowest BCUT2D eigenvalue weighted by atomic mass is 10.1. The maximum Gasteiger partial charge on any atom is 0.238 e. The van der Waals surface area contributed by atoms with E-state index in [1.54, 1.807) is 11.3 Å². The number of amides is 1. The lowest BCUT2D eigenvalue weighted by Gasteiger charge is -2.35. The van der Waals surface area contributed by atoms with Crippen molar-refractivity contribution in [3.63, 3.8) is 0 Å². The van der Waals surface area contributed by atoms with Gasteiger partial charge in [-0.05, 0) is 30.0 Å². The van der Waals surface area contributed by atoms with Crippen LogP contribution in [0.5, 0.6) is 5.75 Å². The topological polar surface area (TPSA) is 77.9 Å². The van der Waals surface area contributed by atoms with Crippen LogP contribution in [0.1, 0.15) is 11.9 Å². The number of hydrogen-bond donors (Lipinski definition) is 2. The fourth-order valence-electron chi connectivity index (χ4n) is 4.60. The number of aromatic nitrogens is 1. The van der Waals surface area contributed by atoms with Gasteiger partial charge >= 0.3 is 0 Å². The number of hydrogen-bond acceptors (Lipinski definition) is 7. The maximum absolute atomic E-state index is 12.7. The molecule has 0 aliphatic carbocycles. The molecule has 8 heteroatoms. The second-order valence-electron chi connectivity index (χ2n) is 9.21. The highest BCUT2D eigenvalue weighted by atomic mass is 32.1. The van der Waals surface area contributed by atoms with Gasteiger partial charge in [-0.15, -0.1) is 11.3 Å². The van der Waals surface area contributed by atoms with Gasteiger partial charge in [0.25, 0.3) is 0 Å². The van der Waals surface area contributed by atoms with Crippen LogP contribution in [0.15, 0.2) is 60.7 Å². The molecule has 1 atom stereocenters. The van der Waals surface area contributed by atoms with Gasteiger partial charge in [-0.25, -0.2) is 4.98 Å². The maximum atomic E-state index is 12.7. The van der Waals surface area contributed by atoms with Crippen molar-refractivity contribution in [3.05, 3.63) is 65.7 Å². The van der Waals surface area contributed by atoms with E-state index in [0.29, 0.717) is 13.1 Å². The average Bonchev–Trinajstić information content (AvgIpc) is 3.31. The number of carbonyl (C=O) groups excluding carboxylic acids is 1. The van der Waals surface area contributed by atoms with Crippen LogP contribution in [0.3, 0.4) is 0 Å². The number of aliphatic hydroxyl groups is 1. The van der Waals surface area contributed by atoms with E-state index >= 15 is 0 Å². The predicted octanol–water partition coefficient (Wildman–Crippen LogP) is 4.01. The minimum atomic E-state index is -0.580. The van der Waals surface area contributed by atoms with Gasteiger partial charge in [0.05, 0.1) is 21.8 Å². The lowest BCUT2D eigenvalue weighted by Crippen LogP contribution is -2.50. The van der Waals surface area contributed by atoms with E-state index in [2.05, 4.69) is 27.0 Å². The van der Waals surface area contributed by atoms with Crippen molar-refractivity contribution in [1.29, 1.82) is 0 Å². The van der Waals surface area contributed by atoms with Crippen molar-refractivity contribution in [3.8, 4) is 5.75 Å². The Morgan fingerprint density at radius 1 is 1.08 bits per heavy atom. The molecule has 2 N–H and O–H groups in total. The van der Waals surface area contributed by atoms with E-state index in [1.807, 2.05) is 60.7 Å². The van der Waals surface area contributed by atoms with Gasteiger partial charge < -0.3 is 15.2 Å². The smallest absolute Gasteiger partial charge is 0.238 e. The highest BCUT2D eigenvalue weighted by Crippen LogP contribution is 2.26. The number of rotatable bonds is 9. The minimum Gasteiger partial charge on any atom is -0.491 e. The molecule has 1 unspecified atom stereocenters. The summed E-state index contributed by atoms with van der Waals surface area (Å²) in [7, 11) is 0. The number of carbonyl (C=O) groups is 1. The Morgan fingerprint density at radius 3 is 2.69 bits per heavy atom. The van der Waals surface area contributed by atoms with E-state index in [4.69, 9.17) is 4.74 Å². The molecule has 1 aliphatic rings. The van der Waals surface area contributed by atoms with Crippen LogP contribution in [-0.2, 0) is 11.2 Å².